The van der Waals surface area contributed by atoms with Crippen molar-refractivity contribution in [2.75, 3.05) is 24.7 Å². The Morgan fingerprint density at radius 2 is 1.89 bits per heavy atom. The number of nitrogens with two attached hydrogens (primary N) is 1. The highest BCUT2D eigenvalue weighted by Crippen LogP contribution is 2.30. The van der Waals surface area contributed by atoms with E-state index in [1.54, 1.807) is 7.11 Å². The predicted octanol–water partition coefficient (Wildman–Crippen LogP) is 2.43. The van der Waals surface area contributed by atoms with Gasteiger partial charge in [0.25, 0.3) is 0 Å². The lowest BCUT2D eigenvalue weighted by Gasteiger charge is -2.20. The zero-order chi connectivity index (χ0) is 13.9. The van der Waals surface area contributed by atoms with Gasteiger partial charge in [-0.25, -0.2) is 4.98 Å². The van der Waals surface area contributed by atoms with Crippen molar-refractivity contribution < 1.29 is 4.74 Å². The summed E-state index contributed by atoms with van der Waals surface area (Å²) >= 11 is 0. The van der Waals surface area contributed by atoms with E-state index in [0.29, 0.717) is 23.3 Å². The molecular formula is C13H24N4O. The SMILES string of the molecule is COc1nc(C(C)(C)C)nc(NCC(C)C)c1N. The smallest absolute Gasteiger partial charge is 0.242 e. The van der Waals surface area contributed by atoms with E-state index in [4.69, 9.17) is 10.5 Å². The second-order valence-corrected chi connectivity index (χ2v) is 5.84. The molecule has 18 heavy (non-hydrogen) atoms. The number of methoxy groups -OCH3 is 1. The van der Waals surface area contributed by atoms with Gasteiger partial charge in [0.2, 0.25) is 5.88 Å². The van der Waals surface area contributed by atoms with Crippen LogP contribution in [0.25, 0.3) is 0 Å². The fraction of sp³-hybridized carbons (Fsp3) is 0.692. The number of anilines is 2. The number of hydrogen-bond acceptors (Lipinski definition) is 5. The second kappa shape index (κ2) is 5.42. The molecule has 0 radical (unpaired) electrons. The summed E-state index contributed by atoms with van der Waals surface area (Å²) in [5.41, 5.74) is 6.30. The minimum atomic E-state index is -0.144. The Bertz CT molecular complexity index is 410. The van der Waals surface area contributed by atoms with Gasteiger partial charge in [0.05, 0.1) is 7.11 Å². The zero-order valence-corrected chi connectivity index (χ0v) is 12.2. The molecule has 0 saturated heterocycles. The van der Waals surface area contributed by atoms with Gasteiger partial charge in [0, 0.05) is 12.0 Å². The van der Waals surface area contributed by atoms with E-state index < -0.39 is 0 Å². The number of nitrogen functional groups attached to an aromatic ring is 1. The second-order valence-electron chi connectivity index (χ2n) is 5.84. The Morgan fingerprint density at radius 1 is 1.28 bits per heavy atom. The molecule has 0 fully saturated rings. The van der Waals surface area contributed by atoms with Crippen molar-refractivity contribution in [1.29, 1.82) is 0 Å². The quantitative estimate of drug-likeness (QED) is 0.861. The van der Waals surface area contributed by atoms with Crippen LogP contribution in [0, 0.1) is 5.92 Å². The molecule has 0 spiro atoms. The summed E-state index contributed by atoms with van der Waals surface area (Å²) in [5, 5.41) is 3.24. The van der Waals surface area contributed by atoms with E-state index in [1.165, 1.54) is 0 Å². The maximum atomic E-state index is 5.98. The van der Waals surface area contributed by atoms with Gasteiger partial charge in [-0.3, -0.25) is 0 Å². The van der Waals surface area contributed by atoms with Crippen molar-refractivity contribution in [2.45, 2.75) is 40.0 Å². The van der Waals surface area contributed by atoms with Crippen LogP contribution in [-0.4, -0.2) is 23.6 Å². The molecule has 5 nitrogen and oxygen atoms in total. The highest BCUT2D eigenvalue weighted by Gasteiger charge is 2.22. The average molecular weight is 252 g/mol. The van der Waals surface area contributed by atoms with Crippen molar-refractivity contribution in [1.82, 2.24) is 9.97 Å². The number of aromatic nitrogens is 2. The van der Waals surface area contributed by atoms with Gasteiger partial charge in [0.15, 0.2) is 5.82 Å². The molecule has 5 heteroatoms. The molecule has 0 aliphatic carbocycles. The molecule has 1 heterocycles. The molecule has 0 amide bonds. The van der Waals surface area contributed by atoms with Crippen LogP contribution < -0.4 is 15.8 Å². The highest BCUT2D eigenvalue weighted by molar-refractivity contribution is 5.67. The Morgan fingerprint density at radius 3 is 2.33 bits per heavy atom. The van der Waals surface area contributed by atoms with Crippen molar-refractivity contribution >= 4 is 11.5 Å². The van der Waals surface area contributed by atoms with Gasteiger partial charge >= 0.3 is 0 Å². The van der Waals surface area contributed by atoms with E-state index in [0.717, 1.165) is 12.4 Å². The minimum Gasteiger partial charge on any atom is -0.479 e. The van der Waals surface area contributed by atoms with Gasteiger partial charge in [0.1, 0.15) is 11.5 Å². The minimum absolute atomic E-state index is 0.144. The van der Waals surface area contributed by atoms with E-state index in [2.05, 4.69) is 49.9 Å². The number of nitrogens with one attached hydrogen (secondary N) is 1. The van der Waals surface area contributed by atoms with E-state index in [9.17, 15) is 0 Å². The summed E-state index contributed by atoms with van der Waals surface area (Å²) in [5.74, 6) is 2.32. The summed E-state index contributed by atoms with van der Waals surface area (Å²) in [4.78, 5) is 8.85. The highest BCUT2D eigenvalue weighted by atomic mass is 16.5. The Hall–Kier alpha value is -1.52. The lowest BCUT2D eigenvalue weighted by molar-refractivity contribution is 0.391. The molecule has 0 aliphatic rings. The van der Waals surface area contributed by atoms with Gasteiger partial charge in [-0.05, 0) is 5.92 Å². The molecule has 0 atom stereocenters. The average Bonchev–Trinajstić information content (AvgIpc) is 2.26. The van der Waals surface area contributed by atoms with E-state index in [-0.39, 0.29) is 5.41 Å². The fourth-order valence-corrected chi connectivity index (χ4v) is 1.38. The number of rotatable bonds is 4. The third-order valence-electron chi connectivity index (χ3n) is 2.45. The third-order valence-corrected chi connectivity index (χ3v) is 2.45. The predicted molar refractivity (Wildman–Crippen MR) is 75.0 cm³/mol. The number of nitrogens with zero attached hydrogens (tertiary/aromatic N) is 2. The van der Waals surface area contributed by atoms with E-state index in [1.807, 2.05) is 0 Å². The van der Waals surface area contributed by atoms with Gasteiger partial charge in [-0.1, -0.05) is 34.6 Å². The maximum Gasteiger partial charge on any atom is 0.242 e. The first kappa shape index (κ1) is 14.5. The Kier molecular flexibility index (Phi) is 4.38. The normalized spacial score (nSPS) is 11.7. The molecule has 1 aromatic heterocycles. The molecule has 0 aliphatic heterocycles. The van der Waals surface area contributed by atoms with Crippen LogP contribution in [0.5, 0.6) is 5.88 Å². The first-order valence-corrected chi connectivity index (χ1v) is 6.21. The molecular weight excluding hydrogens is 228 g/mol. The molecule has 1 rings (SSSR count). The van der Waals surface area contributed by atoms with Crippen LogP contribution in [-0.2, 0) is 5.41 Å². The van der Waals surface area contributed by atoms with Gasteiger partial charge in [-0.2, -0.15) is 4.98 Å². The lowest BCUT2D eigenvalue weighted by Crippen LogP contribution is -2.20. The molecule has 0 saturated carbocycles. The largest absolute Gasteiger partial charge is 0.479 e. The van der Waals surface area contributed by atoms with Crippen LogP contribution in [0.4, 0.5) is 11.5 Å². The third kappa shape index (κ3) is 3.48. The standard InChI is InChI=1S/C13H24N4O/c1-8(2)7-15-10-9(14)11(18-6)17-12(16-10)13(3,4)5/h8H,7,14H2,1-6H3,(H,15,16,17). The molecule has 0 aromatic carbocycles. The summed E-state index contributed by atoms with van der Waals surface area (Å²) in [6.07, 6.45) is 0. The van der Waals surface area contributed by atoms with Crippen LogP contribution in [0.1, 0.15) is 40.4 Å². The van der Waals surface area contributed by atoms with Crippen LogP contribution in [0.3, 0.4) is 0 Å². The molecule has 1 aromatic rings. The Balaban J connectivity index is 3.15. The van der Waals surface area contributed by atoms with Crippen LogP contribution in [0.2, 0.25) is 0 Å². The summed E-state index contributed by atoms with van der Waals surface area (Å²) in [6, 6.07) is 0. The lowest BCUT2D eigenvalue weighted by atomic mass is 9.96. The van der Waals surface area contributed by atoms with E-state index >= 15 is 0 Å². The number of hydrogen-bond donors (Lipinski definition) is 2. The van der Waals surface area contributed by atoms with Crippen molar-refractivity contribution in [3.8, 4) is 5.88 Å². The molecule has 102 valence electrons. The van der Waals surface area contributed by atoms with Gasteiger partial charge in [-0.15, -0.1) is 0 Å². The summed E-state index contributed by atoms with van der Waals surface area (Å²) in [6.45, 7) is 11.3. The van der Waals surface area contributed by atoms with Crippen molar-refractivity contribution in [2.24, 2.45) is 5.92 Å². The van der Waals surface area contributed by atoms with Crippen LogP contribution in [0.15, 0.2) is 0 Å². The zero-order valence-electron chi connectivity index (χ0n) is 12.2. The monoisotopic (exact) mass is 252 g/mol. The van der Waals surface area contributed by atoms with Crippen molar-refractivity contribution in [3.05, 3.63) is 5.82 Å². The maximum absolute atomic E-state index is 5.98. The topological polar surface area (TPSA) is 73.1 Å². The summed E-state index contributed by atoms with van der Waals surface area (Å²) in [7, 11) is 1.57. The Labute approximate surface area is 109 Å². The fourth-order valence-electron chi connectivity index (χ4n) is 1.38. The first-order valence-electron chi connectivity index (χ1n) is 6.21. The summed E-state index contributed by atoms with van der Waals surface area (Å²) < 4.78 is 5.21. The van der Waals surface area contributed by atoms with Crippen LogP contribution >= 0.6 is 0 Å². The molecule has 0 unspecified atom stereocenters. The van der Waals surface area contributed by atoms with Crippen molar-refractivity contribution in [3.63, 3.8) is 0 Å². The first-order chi connectivity index (χ1) is 8.25. The van der Waals surface area contributed by atoms with Gasteiger partial charge < -0.3 is 15.8 Å². The number of ether oxygens (including phenoxy) is 1. The molecule has 0 bridgehead atoms. The molecule has 3 N–H and O–H groups in total.